The summed E-state index contributed by atoms with van der Waals surface area (Å²) in [4.78, 5) is 1.46. The average Bonchev–Trinajstić information content (AvgIpc) is 2.91. The van der Waals surface area contributed by atoms with Crippen molar-refractivity contribution in [2.45, 2.75) is 45.1 Å². The fraction of sp³-hybridized carbons (Fsp3) is 0.444. The molecule has 1 atom stereocenters. The highest BCUT2D eigenvalue weighted by atomic mass is 79.9. The minimum Gasteiger partial charge on any atom is -0.314 e. The van der Waals surface area contributed by atoms with Crippen LogP contribution >= 0.6 is 27.3 Å². The molecule has 2 rings (SSSR count). The van der Waals surface area contributed by atoms with Crippen molar-refractivity contribution in [2.24, 2.45) is 0 Å². The lowest BCUT2D eigenvalue weighted by molar-refractivity contribution is 0.466. The number of rotatable bonds is 9. The number of halogens is 1. The Morgan fingerprint density at radius 2 is 2.00 bits per heavy atom. The Morgan fingerprint density at radius 3 is 2.67 bits per heavy atom. The summed E-state index contributed by atoms with van der Waals surface area (Å²) in [5, 5.41) is 5.87. The zero-order valence-corrected chi connectivity index (χ0v) is 15.1. The van der Waals surface area contributed by atoms with Crippen molar-refractivity contribution in [2.75, 3.05) is 6.54 Å². The fourth-order valence-corrected chi connectivity index (χ4v) is 4.11. The van der Waals surface area contributed by atoms with Gasteiger partial charge < -0.3 is 5.32 Å². The molecule has 0 spiro atoms. The third-order valence-corrected chi connectivity index (χ3v) is 5.62. The summed E-state index contributed by atoms with van der Waals surface area (Å²) >= 11 is 5.50. The van der Waals surface area contributed by atoms with Crippen molar-refractivity contribution in [3.8, 4) is 0 Å². The first-order valence-corrected chi connectivity index (χ1v) is 9.46. The maximum Gasteiger partial charge on any atom is 0.0314 e. The summed E-state index contributed by atoms with van der Waals surface area (Å²) in [6, 6.07) is 13.5. The number of thiophene rings is 1. The van der Waals surface area contributed by atoms with Crippen molar-refractivity contribution in [1.82, 2.24) is 5.32 Å². The molecule has 1 aromatic carbocycles. The van der Waals surface area contributed by atoms with E-state index in [1.165, 1.54) is 40.6 Å². The van der Waals surface area contributed by atoms with E-state index < -0.39 is 0 Å². The minimum absolute atomic E-state index is 0.587. The largest absolute Gasteiger partial charge is 0.314 e. The van der Waals surface area contributed by atoms with E-state index in [1.54, 1.807) is 0 Å². The molecule has 0 amide bonds. The van der Waals surface area contributed by atoms with Gasteiger partial charge in [-0.1, -0.05) is 37.3 Å². The van der Waals surface area contributed by atoms with Gasteiger partial charge in [0.05, 0.1) is 0 Å². The number of benzene rings is 1. The highest BCUT2D eigenvalue weighted by Gasteiger charge is 2.11. The van der Waals surface area contributed by atoms with Crippen molar-refractivity contribution in [3.05, 3.63) is 56.7 Å². The van der Waals surface area contributed by atoms with Gasteiger partial charge in [0.15, 0.2) is 0 Å². The van der Waals surface area contributed by atoms with Crippen LogP contribution in [0.2, 0.25) is 0 Å². The van der Waals surface area contributed by atoms with Crippen LogP contribution in [0.4, 0.5) is 0 Å². The van der Waals surface area contributed by atoms with Crippen LogP contribution in [0.1, 0.15) is 36.6 Å². The average molecular weight is 366 g/mol. The number of aryl methyl sites for hydroxylation is 1. The van der Waals surface area contributed by atoms with Gasteiger partial charge in [0.25, 0.3) is 0 Å². The van der Waals surface area contributed by atoms with Gasteiger partial charge in [0.2, 0.25) is 0 Å². The second-order valence-corrected chi connectivity index (χ2v) is 7.28. The van der Waals surface area contributed by atoms with E-state index >= 15 is 0 Å². The summed E-state index contributed by atoms with van der Waals surface area (Å²) in [5.74, 6) is 0. The zero-order valence-electron chi connectivity index (χ0n) is 12.6. The first kappa shape index (κ1) is 16.7. The number of hydrogen-bond acceptors (Lipinski definition) is 2. The molecule has 1 aromatic heterocycles. The Morgan fingerprint density at radius 1 is 1.19 bits per heavy atom. The fourth-order valence-electron chi connectivity index (χ4n) is 2.52. The Balaban J connectivity index is 1.83. The summed E-state index contributed by atoms with van der Waals surface area (Å²) in [7, 11) is 0. The third kappa shape index (κ3) is 5.93. The quantitative estimate of drug-likeness (QED) is 0.623. The van der Waals surface area contributed by atoms with Crippen LogP contribution in [0.3, 0.4) is 0 Å². The molecule has 0 aliphatic carbocycles. The zero-order chi connectivity index (χ0) is 14.9. The van der Waals surface area contributed by atoms with E-state index in [0.29, 0.717) is 6.04 Å². The maximum atomic E-state index is 3.71. The normalized spacial score (nSPS) is 12.5. The van der Waals surface area contributed by atoms with E-state index in [9.17, 15) is 0 Å². The number of nitrogens with one attached hydrogen (secondary N) is 1. The van der Waals surface area contributed by atoms with Crippen LogP contribution in [0.25, 0.3) is 0 Å². The van der Waals surface area contributed by atoms with E-state index in [2.05, 4.69) is 69.9 Å². The molecule has 0 aliphatic rings. The number of hydrogen-bond donors (Lipinski definition) is 1. The van der Waals surface area contributed by atoms with E-state index in [1.807, 2.05) is 11.3 Å². The van der Waals surface area contributed by atoms with Gasteiger partial charge in [-0.15, -0.1) is 11.3 Å². The molecule has 0 bridgehead atoms. The van der Waals surface area contributed by atoms with E-state index in [4.69, 9.17) is 0 Å². The molecule has 0 saturated heterocycles. The monoisotopic (exact) mass is 365 g/mol. The van der Waals surface area contributed by atoms with Gasteiger partial charge in [-0.2, -0.15) is 0 Å². The second kappa shape index (κ2) is 9.39. The molecule has 1 nitrogen and oxygen atoms in total. The molecule has 1 N–H and O–H groups in total. The molecular weight excluding hydrogens is 342 g/mol. The van der Waals surface area contributed by atoms with Crippen LogP contribution in [0.5, 0.6) is 0 Å². The Kier molecular flexibility index (Phi) is 7.48. The lowest BCUT2D eigenvalue weighted by atomic mass is 10.0. The third-order valence-electron chi connectivity index (χ3n) is 3.67. The summed E-state index contributed by atoms with van der Waals surface area (Å²) in [6.45, 7) is 3.34. The van der Waals surface area contributed by atoms with Crippen molar-refractivity contribution < 1.29 is 0 Å². The molecule has 21 heavy (non-hydrogen) atoms. The molecular formula is C18H24BrNS. The lowest BCUT2D eigenvalue weighted by Gasteiger charge is -2.18. The first-order valence-electron chi connectivity index (χ1n) is 7.78. The van der Waals surface area contributed by atoms with Crippen LogP contribution in [-0.2, 0) is 12.8 Å². The van der Waals surface area contributed by atoms with Crippen LogP contribution in [0.15, 0.2) is 46.3 Å². The van der Waals surface area contributed by atoms with Crippen LogP contribution in [-0.4, -0.2) is 12.6 Å². The van der Waals surface area contributed by atoms with Crippen molar-refractivity contribution in [1.29, 1.82) is 0 Å². The first-order chi connectivity index (χ1) is 10.3. The molecule has 0 radical (unpaired) electrons. The van der Waals surface area contributed by atoms with Gasteiger partial charge in [-0.3, -0.25) is 0 Å². The maximum absolute atomic E-state index is 3.71. The van der Waals surface area contributed by atoms with Crippen LogP contribution in [0, 0.1) is 0 Å². The highest BCUT2D eigenvalue weighted by molar-refractivity contribution is 9.10. The van der Waals surface area contributed by atoms with Gasteiger partial charge in [0, 0.05) is 15.4 Å². The van der Waals surface area contributed by atoms with Crippen molar-refractivity contribution in [3.63, 3.8) is 0 Å². The summed E-state index contributed by atoms with van der Waals surface area (Å²) in [5.41, 5.74) is 1.45. The summed E-state index contributed by atoms with van der Waals surface area (Å²) in [6.07, 6.45) is 5.98. The molecule has 0 saturated carbocycles. The van der Waals surface area contributed by atoms with Gasteiger partial charge in [0.1, 0.15) is 0 Å². The van der Waals surface area contributed by atoms with Gasteiger partial charge >= 0.3 is 0 Å². The Hall–Kier alpha value is -0.640. The Labute approximate surface area is 140 Å². The predicted octanol–water partition coefficient (Wildman–Crippen LogP) is 5.44. The molecule has 1 unspecified atom stereocenters. The smallest absolute Gasteiger partial charge is 0.0314 e. The Bertz CT molecular complexity index is 509. The van der Waals surface area contributed by atoms with Crippen molar-refractivity contribution >= 4 is 27.3 Å². The standard InChI is InChI=1S/C18H24BrNS/c1-2-12-20-16(14-18-17(19)11-13-21-18)10-6-9-15-7-4-3-5-8-15/h3-5,7-8,11,13,16,20H,2,6,9-10,12,14H2,1H3. The highest BCUT2D eigenvalue weighted by Crippen LogP contribution is 2.25. The van der Waals surface area contributed by atoms with Crippen LogP contribution < -0.4 is 5.32 Å². The van der Waals surface area contributed by atoms with E-state index in [-0.39, 0.29) is 0 Å². The molecule has 114 valence electrons. The minimum atomic E-state index is 0.587. The molecule has 3 heteroatoms. The SMILES string of the molecule is CCCNC(CCCc1ccccc1)Cc1sccc1Br. The molecule has 0 aliphatic heterocycles. The molecule has 2 aromatic rings. The molecule has 0 fully saturated rings. The predicted molar refractivity (Wildman–Crippen MR) is 97.2 cm³/mol. The van der Waals surface area contributed by atoms with E-state index in [0.717, 1.165) is 13.0 Å². The van der Waals surface area contributed by atoms with Gasteiger partial charge in [-0.05, 0) is 71.6 Å². The topological polar surface area (TPSA) is 12.0 Å². The second-order valence-electron chi connectivity index (χ2n) is 5.42. The molecule has 1 heterocycles. The van der Waals surface area contributed by atoms with Gasteiger partial charge in [-0.25, -0.2) is 0 Å². The summed E-state index contributed by atoms with van der Waals surface area (Å²) < 4.78 is 1.26. The lowest BCUT2D eigenvalue weighted by Crippen LogP contribution is -2.31.